The Hall–Kier alpha value is -1.20. The van der Waals surface area contributed by atoms with Crippen LogP contribution in [-0.4, -0.2) is 20.5 Å². The Labute approximate surface area is 105 Å². The van der Waals surface area contributed by atoms with E-state index in [9.17, 15) is 4.79 Å². The predicted octanol–water partition coefficient (Wildman–Crippen LogP) is 2.41. The fourth-order valence-corrected chi connectivity index (χ4v) is 1.83. The molecule has 1 unspecified atom stereocenters. The number of carbonyl (C=O) groups excluding carboxylic acids is 1. The van der Waals surface area contributed by atoms with Crippen molar-refractivity contribution >= 4 is 33.3 Å². The summed E-state index contributed by atoms with van der Waals surface area (Å²) in [6.45, 7) is 0. The first-order valence-corrected chi connectivity index (χ1v) is 5.62. The van der Waals surface area contributed by atoms with Gasteiger partial charge in [0.15, 0.2) is 0 Å². The second kappa shape index (κ2) is 4.35. The number of aromatic nitrogens is 3. The van der Waals surface area contributed by atoms with Crippen LogP contribution in [0.4, 0.5) is 0 Å². The zero-order valence-corrected chi connectivity index (χ0v) is 10.4. The summed E-state index contributed by atoms with van der Waals surface area (Å²) in [5.74, 6) is -0.291. The highest BCUT2D eigenvalue weighted by Crippen LogP contribution is 2.32. The molecule has 0 N–H and O–H groups in total. The third-order valence-electron chi connectivity index (χ3n) is 2.02. The molecule has 16 heavy (non-hydrogen) atoms. The molecular weight excluding hydrogens is 293 g/mol. The summed E-state index contributed by atoms with van der Waals surface area (Å²) < 4.78 is -0.172. The Morgan fingerprint density at radius 3 is 2.62 bits per heavy atom. The number of Topliss-reactive ketones (excluding diaryl/α,β-unsaturated/α-hetero) is 1. The number of hydrogen-bond acceptors (Lipinski definition) is 3. The van der Waals surface area contributed by atoms with E-state index >= 15 is 0 Å². The lowest BCUT2D eigenvalue weighted by Gasteiger charge is -2.18. The Morgan fingerprint density at radius 1 is 1.38 bits per heavy atom. The first kappa shape index (κ1) is 11.3. The SMILES string of the molecule is O=C(c1ccccc1)C(Cl)(Br)n1cncn1. The molecular formula is C10H7BrClN3O. The summed E-state index contributed by atoms with van der Waals surface area (Å²) >= 11 is 9.26. The van der Waals surface area contributed by atoms with Crippen LogP contribution in [0.15, 0.2) is 43.0 Å². The summed E-state index contributed by atoms with van der Waals surface area (Å²) in [6, 6.07) is 8.76. The predicted molar refractivity (Wildman–Crippen MR) is 63.5 cm³/mol. The van der Waals surface area contributed by atoms with Gasteiger partial charge in [-0.05, 0) is 15.9 Å². The highest BCUT2D eigenvalue weighted by molar-refractivity contribution is 9.10. The van der Waals surface area contributed by atoms with Gasteiger partial charge in [0, 0.05) is 5.56 Å². The number of rotatable bonds is 3. The average Bonchev–Trinajstić information content (AvgIpc) is 2.83. The van der Waals surface area contributed by atoms with Crippen LogP contribution in [0.2, 0.25) is 0 Å². The van der Waals surface area contributed by atoms with Gasteiger partial charge >= 0.3 is 0 Å². The zero-order valence-electron chi connectivity index (χ0n) is 8.05. The van der Waals surface area contributed by atoms with E-state index in [0.29, 0.717) is 5.56 Å². The molecule has 0 aliphatic heterocycles. The molecule has 4 nitrogen and oxygen atoms in total. The van der Waals surface area contributed by atoms with Crippen molar-refractivity contribution in [2.45, 2.75) is 3.91 Å². The van der Waals surface area contributed by atoms with E-state index in [1.807, 2.05) is 6.07 Å². The van der Waals surface area contributed by atoms with Crippen LogP contribution in [0.5, 0.6) is 0 Å². The van der Waals surface area contributed by atoms with Crippen molar-refractivity contribution < 1.29 is 4.79 Å². The molecule has 0 fully saturated rings. The van der Waals surface area contributed by atoms with Crippen LogP contribution >= 0.6 is 27.5 Å². The van der Waals surface area contributed by atoms with Crippen LogP contribution in [-0.2, 0) is 3.91 Å². The summed E-state index contributed by atoms with van der Waals surface area (Å²) in [5, 5.41) is 3.84. The van der Waals surface area contributed by atoms with Crippen molar-refractivity contribution in [2.24, 2.45) is 0 Å². The van der Waals surface area contributed by atoms with Crippen molar-refractivity contribution in [2.75, 3.05) is 0 Å². The van der Waals surface area contributed by atoms with Crippen LogP contribution < -0.4 is 0 Å². The fraction of sp³-hybridized carbons (Fsp3) is 0.100. The van der Waals surface area contributed by atoms with Crippen LogP contribution in [0.25, 0.3) is 0 Å². The maximum Gasteiger partial charge on any atom is 0.254 e. The standard InChI is InChI=1S/C10H7BrClN3O/c11-10(12,15-7-13-6-14-15)9(16)8-4-2-1-3-5-8/h1-7H. The molecule has 0 radical (unpaired) electrons. The molecule has 0 amide bonds. The molecule has 2 rings (SSSR count). The molecule has 6 heteroatoms. The summed E-state index contributed by atoms with van der Waals surface area (Å²) in [7, 11) is 0. The third-order valence-corrected chi connectivity index (χ3v) is 3.08. The lowest BCUT2D eigenvalue weighted by atomic mass is 10.1. The molecule has 0 aliphatic carbocycles. The van der Waals surface area contributed by atoms with Gasteiger partial charge in [0.05, 0.1) is 0 Å². The van der Waals surface area contributed by atoms with E-state index in [4.69, 9.17) is 11.6 Å². The van der Waals surface area contributed by atoms with Crippen LogP contribution in [0.1, 0.15) is 10.4 Å². The van der Waals surface area contributed by atoms with Crippen molar-refractivity contribution in [1.29, 1.82) is 0 Å². The fourth-order valence-electron chi connectivity index (χ4n) is 1.22. The van der Waals surface area contributed by atoms with E-state index in [1.165, 1.54) is 17.3 Å². The van der Waals surface area contributed by atoms with Gasteiger partial charge < -0.3 is 0 Å². The van der Waals surface area contributed by atoms with Gasteiger partial charge in [0.2, 0.25) is 5.78 Å². The van der Waals surface area contributed by atoms with Gasteiger partial charge in [0.1, 0.15) is 12.7 Å². The maximum absolute atomic E-state index is 12.1. The van der Waals surface area contributed by atoms with E-state index in [-0.39, 0.29) is 5.78 Å². The summed E-state index contributed by atoms with van der Waals surface area (Å²) in [5.41, 5.74) is 0.505. The van der Waals surface area contributed by atoms with E-state index in [1.54, 1.807) is 24.3 Å². The van der Waals surface area contributed by atoms with Gasteiger partial charge in [-0.3, -0.25) is 4.79 Å². The van der Waals surface area contributed by atoms with E-state index in [0.717, 1.165) is 0 Å². The quantitative estimate of drug-likeness (QED) is 0.646. The number of carbonyl (C=O) groups is 1. The minimum absolute atomic E-state index is 0.291. The summed E-state index contributed by atoms with van der Waals surface area (Å²) in [4.78, 5) is 15.8. The van der Waals surface area contributed by atoms with Gasteiger partial charge in [-0.25, -0.2) is 9.67 Å². The van der Waals surface area contributed by atoms with Gasteiger partial charge in [-0.15, -0.1) is 0 Å². The van der Waals surface area contributed by atoms with E-state index < -0.39 is 3.91 Å². The monoisotopic (exact) mass is 299 g/mol. The largest absolute Gasteiger partial charge is 0.289 e. The lowest BCUT2D eigenvalue weighted by Crippen LogP contribution is -2.30. The molecule has 2 aromatic rings. The number of hydrogen-bond donors (Lipinski definition) is 0. The van der Waals surface area contributed by atoms with E-state index in [2.05, 4.69) is 26.0 Å². The number of halogens is 2. The molecule has 1 aromatic heterocycles. The first-order chi connectivity index (χ1) is 7.62. The molecule has 1 aromatic carbocycles. The minimum atomic E-state index is -1.43. The van der Waals surface area contributed by atoms with Gasteiger partial charge in [-0.2, -0.15) is 5.10 Å². The van der Waals surface area contributed by atoms with Crippen LogP contribution in [0.3, 0.4) is 0 Å². The van der Waals surface area contributed by atoms with Crippen LogP contribution in [0, 0.1) is 0 Å². The molecule has 0 bridgehead atoms. The van der Waals surface area contributed by atoms with Crippen molar-refractivity contribution in [3.63, 3.8) is 0 Å². The number of alkyl halides is 2. The molecule has 1 atom stereocenters. The second-order valence-corrected chi connectivity index (χ2v) is 5.23. The number of nitrogens with zero attached hydrogens (tertiary/aromatic N) is 3. The Balaban J connectivity index is 2.36. The van der Waals surface area contributed by atoms with Gasteiger partial charge in [0.25, 0.3) is 3.91 Å². The maximum atomic E-state index is 12.1. The third kappa shape index (κ3) is 2.01. The molecule has 1 heterocycles. The smallest absolute Gasteiger partial charge is 0.254 e. The second-order valence-electron chi connectivity index (χ2n) is 3.08. The average molecular weight is 301 g/mol. The Morgan fingerprint density at radius 2 is 2.06 bits per heavy atom. The van der Waals surface area contributed by atoms with Crippen molar-refractivity contribution in [3.8, 4) is 0 Å². The minimum Gasteiger partial charge on any atom is -0.289 e. The lowest BCUT2D eigenvalue weighted by molar-refractivity contribution is 0.0945. The Bertz CT molecular complexity index is 484. The topological polar surface area (TPSA) is 47.8 Å². The molecule has 0 saturated carbocycles. The first-order valence-electron chi connectivity index (χ1n) is 4.45. The van der Waals surface area contributed by atoms with Crippen molar-refractivity contribution in [1.82, 2.24) is 14.8 Å². The van der Waals surface area contributed by atoms with Crippen molar-refractivity contribution in [3.05, 3.63) is 48.5 Å². The molecule has 0 aliphatic rings. The van der Waals surface area contributed by atoms with Gasteiger partial charge in [-0.1, -0.05) is 41.9 Å². The molecule has 82 valence electrons. The number of benzene rings is 1. The zero-order chi connectivity index (χ0) is 11.6. The normalized spacial score (nSPS) is 14.4. The highest BCUT2D eigenvalue weighted by Gasteiger charge is 2.36. The molecule has 0 saturated heterocycles. The Kier molecular flexibility index (Phi) is 3.07. The number of ketones is 1. The summed E-state index contributed by atoms with van der Waals surface area (Å²) in [6.07, 6.45) is 2.69. The highest BCUT2D eigenvalue weighted by atomic mass is 79.9. The molecule has 0 spiro atoms.